The lowest BCUT2D eigenvalue weighted by molar-refractivity contribution is -0.122. The van der Waals surface area contributed by atoms with Gasteiger partial charge in [0.25, 0.3) is 0 Å². The lowest BCUT2D eigenvalue weighted by Crippen LogP contribution is -2.44. The Bertz CT molecular complexity index is 516. The maximum Gasteiger partial charge on any atom is 0.223 e. The Balaban J connectivity index is 1.35. The fraction of sp³-hybridized carbons (Fsp3) is 0.588. The van der Waals surface area contributed by atoms with E-state index in [-0.39, 0.29) is 11.8 Å². The molecule has 22 heavy (non-hydrogen) atoms. The quantitative estimate of drug-likeness (QED) is 0.757. The van der Waals surface area contributed by atoms with Crippen molar-refractivity contribution in [3.8, 4) is 0 Å². The highest BCUT2D eigenvalue weighted by Crippen LogP contribution is 2.47. The first-order valence-corrected chi connectivity index (χ1v) is 8.99. The molecule has 0 radical (unpaired) electrons. The van der Waals surface area contributed by atoms with E-state index in [2.05, 4.69) is 43.6 Å². The summed E-state index contributed by atoms with van der Waals surface area (Å²) in [5.74, 6) is 0.810. The zero-order valence-corrected chi connectivity index (χ0v) is 14.4. The molecule has 1 saturated heterocycles. The fourth-order valence-corrected chi connectivity index (χ4v) is 3.59. The third kappa shape index (κ3) is 4.31. The summed E-state index contributed by atoms with van der Waals surface area (Å²) in [6.07, 6.45) is 2.03. The summed E-state index contributed by atoms with van der Waals surface area (Å²) in [6.45, 7) is 6.31. The Morgan fingerprint density at radius 3 is 2.95 bits per heavy atom. The lowest BCUT2D eigenvalue weighted by atomic mass is 10.1. The van der Waals surface area contributed by atoms with Crippen molar-refractivity contribution in [2.24, 2.45) is 5.92 Å². The Labute approximate surface area is 140 Å². The second-order valence-electron chi connectivity index (χ2n) is 6.24. The van der Waals surface area contributed by atoms with Crippen LogP contribution in [0.5, 0.6) is 0 Å². The van der Waals surface area contributed by atoms with Crippen LogP contribution in [0.15, 0.2) is 28.7 Å². The molecule has 5 heteroatoms. The molecule has 1 aliphatic heterocycles. The number of amides is 1. The maximum atomic E-state index is 12.2. The van der Waals surface area contributed by atoms with Crippen molar-refractivity contribution in [3.63, 3.8) is 0 Å². The molecule has 1 aliphatic carbocycles. The summed E-state index contributed by atoms with van der Waals surface area (Å²) in [4.78, 5) is 14.6. The topological polar surface area (TPSA) is 44.4 Å². The Morgan fingerprint density at radius 2 is 2.18 bits per heavy atom. The molecule has 1 aromatic rings. The number of hydrogen-bond acceptors (Lipinski definition) is 3. The second kappa shape index (κ2) is 7.57. The average molecular weight is 366 g/mol. The highest BCUT2D eigenvalue weighted by atomic mass is 79.9. The molecule has 2 atom stereocenters. The zero-order valence-electron chi connectivity index (χ0n) is 12.9. The monoisotopic (exact) mass is 365 g/mol. The Hall–Kier alpha value is -0.910. The van der Waals surface area contributed by atoms with Gasteiger partial charge in [0.05, 0.1) is 0 Å². The number of hydrogen-bond donors (Lipinski definition) is 2. The van der Waals surface area contributed by atoms with E-state index >= 15 is 0 Å². The van der Waals surface area contributed by atoms with Crippen molar-refractivity contribution in [2.45, 2.75) is 18.8 Å². The number of rotatable bonds is 6. The van der Waals surface area contributed by atoms with Gasteiger partial charge in [-0.05, 0) is 43.0 Å². The van der Waals surface area contributed by atoms with Crippen LogP contribution in [-0.4, -0.2) is 50.1 Å². The fourth-order valence-electron chi connectivity index (χ4n) is 3.17. The summed E-state index contributed by atoms with van der Waals surface area (Å²) < 4.78 is 1.09. The van der Waals surface area contributed by atoms with E-state index in [0.717, 1.165) is 56.6 Å². The molecule has 2 N–H and O–H groups in total. The molecule has 2 fully saturated rings. The smallest absolute Gasteiger partial charge is 0.223 e. The van der Waals surface area contributed by atoms with E-state index in [1.807, 2.05) is 12.1 Å². The number of piperazine rings is 1. The standard InChI is InChI=1S/C17H24BrN3O/c18-14-4-1-3-13(11-14)15-12-16(15)17(22)20-5-2-8-21-9-6-19-7-10-21/h1,3-4,11,15-16,19H,2,5-10,12H2,(H,20,22). The highest BCUT2D eigenvalue weighted by molar-refractivity contribution is 9.10. The maximum absolute atomic E-state index is 12.2. The minimum atomic E-state index is 0.175. The summed E-state index contributed by atoms with van der Waals surface area (Å²) in [5.41, 5.74) is 1.27. The largest absolute Gasteiger partial charge is 0.356 e. The summed E-state index contributed by atoms with van der Waals surface area (Å²) >= 11 is 3.49. The summed E-state index contributed by atoms with van der Waals surface area (Å²) in [6, 6.07) is 8.31. The minimum absolute atomic E-state index is 0.175. The predicted molar refractivity (Wildman–Crippen MR) is 91.9 cm³/mol. The third-order valence-corrected chi connectivity index (χ3v) is 5.06. The number of nitrogens with zero attached hydrogens (tertiary/aromatic N) is 1. The Kier molecular flexibility index (Phi) is 5.50. The van der Waals surface area contributed by atoms with Crippen molar-refractivity contribution in [3.05, 3.63) is 34.3 Å². The van der Waals surface area contributed by atoms with Gasteiger partial charge in [-0.2, -0.15) is 0 Å². The van der Waals surface area contributed by atoms with Gasteiger partial charge in [-0.15, -0.1) is 0 Å². The molecule has 1 heterocycles. The van der Waals surface area contributed by atoms with Gasteiger partial charge in [-0.25, -0.2) is 0 Å². The van der Waals surface area contributed by atoms with Crippen LogP contribution in [0.4, 0.5) is 0 Å². The van der Waals surface area contributed by atoms with E-state index in [9.17, 15) is 4.79 Å². The van der Waals surface area contributed by atoms with Crippen LogP contribution in [0.3, 0.4) is 0 Å². The molecule has 1 amide bonds. The molecule has 2 unspecified atom stereocenters. The van der Waals surface area contributed by atoms with Crippen molar-refractivity contribution in [1.29, 1.82) is 0 Å². The van der Waals surface area contributed by atoms with Gasteiger partial charge in [-0.3, -0.25) is 4.79 Å². The van der Waals surface area contributed by atoms with E-state index in [1.165, 1.54) is 5.56 Å². The molecule has 0 aromatic heterocycles. The molecular formula is C17H24BrN3O. The van der Waals surface area contributed by atoms with Gasteiger partial charge >= 0.3 is 0 Å². The summed E-state index contributed by atoms with van der Waals surface area (Å²) in [5, 5.41) is 6.46. The van der Waals surface area contributed by atoms with Gasteiger partial charge in [0.1, 0.15) is 0 Å². The minimum Gasteiger partial charge on any atom is -0.356 e. The van der Waals surface area contributed by atoms with E-state index in [1.54, 1.807) is 0 Å². The van der Waals surface area contributed by atoms with Gasteiger partial charge in [-0.1, -0.05) is 28.1 Å². The number of halogens is 1. The first kappa shape index (κ1) is 16.0. The average Bonchev–Trinajstić information content (AvgIpc) is 3.33. The SMILES string of the molecule is O=C(NCCCN1CCNCC1)C1CC1c1cccc(Br)c1. The van der Waals surface area contributed by atoms with Crippen LogP contribution in [0.1, 0.15) is 24.3 Å². The first-order chi connectivity index (χ1) is 10.7. The first-order valence-electron chi connectivity index (χ1n) is 8.20. The van der Waals surface area contributed by atoms with E-state index in [4.69, 9.17) is 0 Å². The van der Waals surface area contributed by atoms with Crippen LogP contribution in [0.25, 0.3) is 0 Å². The van der Waals surface area contributed by atoms with Gasteiger partial charge in [0.15, 0.2) is 0 Å². The number of benzene rings is 1. The van der Waals surface area contributed by atoms with Crippen LogP contribution < -0.4 is 10.6 Å². The summed E-state index contributed by atoms with van der Waals surface area (Å²) in [7, 11) is 0. The van der Waals surface area contributed by atoms with Gasteiger partial charge in [0, 0.05) is 43.1 Å². The van der Waals surface area contributed by atoms with Crippen LogP contribution >= 0.6 is 15.9 Å². The molecule has 1 saturated carbocycles. The highest BCUT2D eigenvalue weighted by Gasteiger charge is 2.43. The second-order valence-corrected chi connectivity index (χ2v) is 7.16. The number of nitrogens with one attached hydrogen (secondary N) is 2. The van der Waals surface area contributed by atoms with Crippen molar-refractivity contribution >= 4 is 21.8 Å². The molecule has 0 bridgehead atoms. The molecule has 2 aliphatic rings. The van der Waals surface area contributed by atoms with Crippen LogP contribution in [0.2, 0.25) is 0 Å². The number of carbonyl (C=O) groups is 1. The van der Waals surface area contributed by atoms with Gasteiger partial charge in [0.2, 0.25) is 5.91 Å². The molecule has 0 spiro atoms. The third-order valence-electron chi connectivity index (χ3n) is 4.56. The normalized spacial score (nSPS) is 25.0. The van der Waals surface area contributed by atoms with E-state index < -0.39 is 0 Å². The molecule has 3 rings (SSSR count). The molecule has 4 nitrogen and oxygen atoms in total. The zero-order chi connectivity index (χ0) is 15.4. The van der Waals surface area contributed by atoms with E-state index in [0.29, 0.717) is 5.92 Å². The van der Waals surface area contributed by atoms with Crippen molar-refractivity contribution in [1.82, 2.24) is 15.5 Å². The predicted octanol–water partition coefficient (Wildman–Crippen LogP) is 1.96. The molecular weight excluding hydrogens is 342 g/mol. The van der Waals surface area contributed by atoms with Crippen molar-refractivity contribution < 1.29 is 4.79 Å². The van der Waals surface area contributed by atoms with Crippen LogP contribution in [-0.2, 0) is 4.79 Å². The number of carbonyl (C=O) groups excluding carboxylic acids is 1. The van der Waals surface area contributed by atoms with Crippen molar-refractivity contribution in [2.75, 3.05) is 39.3 Å². The molecule has 120 valence electrons. The lowest BCUT2D eigenvalue weighted by Gasteiger charge is -2.27. The van der Waals surface area contributed by atoms with Crippen LogP contribution in [0, 0.1) is 5.92 Å². The van der Waals surface area contributed by atoms with Gasteiger partial charge < -0.3 is 15.5 Å². The Morgan fingerprint density at radius 1 is 1.36 bits per heavy atom. The molecule has 1 aromatic carbocycles.